The van der Waals surface area contributed by atoms with Gasteiger partial charge in [-0.3, -0.25) is 0 Å². The summed E-state index contributed by atoms with van der Waals surface area (Å²) >= 11 is 0. The molecule has 0 aromatic carbocycles. The van der Waals surface area contributed by atoms with Gasteiger partial charge >= 0.3 is 0 Å². The Balaban J connectivity index is 1.92. The van der Waals surface area contributed by atoms with E-state index in [1.54, 1.807) is 0 Å². The predicted molar refractivity (Wildman–Crippen MR) is 85.1 cm³/mol. The normalized spacial score (nSPS) is 30.4. The third-order valence-electron chi connectivity index (χ3n) is 5.65. The van der Waals surface area contributed by atoms with E-state index < -0.39 is 0 Å². The molecule has 118 valence electrons. The molecule has 0 bridgehead atoms. The molecule has 3 nitrogen and oxygen atoms in total. The van der Waals surface area contributed by atoms with Crippen LogP contribution in [-0.2, 0) is 4.74 Å². The Labute approximate surface area is 125 Å². The van der Waals surface area contributed by atoms with E-state index in [0.717, 1.165) is 19.8 Å². The summed E-state index contributed by atoms with van der Waals surface area (Å²) in [5.41, 5.74) is 0.938. The molecular weight excluding hydrogens is 248 g/mol. The number of nitrogens with zero attached hydrogens (tertiary/aromatic N) is 1. The van der Waals surface area contributed by atoms with Gasteiger partial charge in [0.1, 0.15) is 0 Å². The summed E-state index contributed by atoms with van der Waals surface area (Å²) in [7, 11) is 0. The van der Waals surface area contributed by atoms with Crippen LogP contribution in [0.3, 0.4) is 0 Å². The van der Waals surface area contributed by atoms with Gasteiger partial charge in [-0.05, 0) is 37.6 Å². The first-order valence-electron chi connectivity index (χ1n) is 8.57. The lowest BCUT2D eigenvalue weighted by atomic mass is 9.81. The molecule has 0 aromatic heterocycles. The molecule has 2 saturated heterocycles. The lowest BCUT2D eigenvalue weighted by Gasteiger charge is -2.34. The average Bonchev–Trinajstić information content (AvgIpc) is 3.05. The van der Waals surface area contributed by atoms with Crippen LogP contribution < -0.4 is 5.32 Å². The van der Waals surface area contributed by atoms with Gasteiger partial charge in [0.2, 0.25) is 0 Å². The highest BCUT2D eigenvalue weighted by atomic mass is 16.5. The molecule has 3 heteroatoms. The third-order valence-corrected chi connectivity index (χ3v) is 5.65. The van der Waals surface area contributed by atoms with Crippen molar-refractivity contribution in [3.05, 3.63) is 0 Å². The molecule has 0 amide bonds. The number of hydrogen-bond acceptors (Lipinski definition) is 3. The predicted octanol–water partition coefficient (Wildman–Crippen LogP) is 2.90. The molecule has 2 rings (SSSR count). The fraction of sp³-hybridized carbons (Fsp3) is 1.00. The molecular formula is C17H34N2O. The molecule has 1 unspecified atom stereocenters. The van der Waals surface area contributed by atoms with Crippen LogP contribution in [0.2, 0.25) is 0 Å². The van der Waals surface area contributed by atoms with Gasteiger partial charge in [0.05, 0.1) is 6.61 Å². The van der Waals surface area contributed by atoms with E-state index in [2.05, 4.69) is 37.9 Å². The largest absolute Gasteiger partial charge is 0.381 e. The van der Waals surface area contributed by atoms with Crippen LogP contribution in [0.1, 0.15) is 53.4 Å². The number of rotatable bonds is 7. The number of nitrogens with one attached hydrogen (secondary N) is 1. The summed E-state index contributed by atoms with van der Waals surface area (Å²) in [6, 6.07) is 0.566. The summed E-state index contributed by atoms with van der Waals surface area (Å²) in [4.78, 5) is 2.71. The molecule has 2 heterocycles. The van der Waals surface area contributed by atoms with Crippen LogP contribution in [0.15, 0.2) is 0 Å². The van der Waals surface area contributed by atoms with Crippen molar-refractivity contribution in [2.24, 2.45) is 10.8 Å². The van der Waals surface area contributed by atoms with Gasteiger partial charge in [-0.15, -0.1) is 0 Å². The molecule has 0 spiro atoms. The Morgan fingerprint density at radius 1 is 1.15 bits per heavy atom. The fourth-order valence-electron chi connectivity index (χ4n) is 3.85. The smallest absolute Gasteiger partial charge is 0.0547 e. The zero-order valence-corrected chi connectivity index (χ0v) is 14.0. The third kappa shape index (κ3) is 3.75. The fourth-order valence-corrected chi connectivity index (χ4v) is 3.85. The Kier molecular flexibility index (Phi) is 5.49. The highest BCUT2D eigenvalue weighted by Gasteiger charge is 2.41. The molecule has 20 heavy (non-hydrogen) atoms. The zero-order chi connectivity index (χ0) is 14.6. The van der Waals surface area contributed by atoms with Gasteiger partial charge in [-0.25, -0.2) is 0 Å². The molecule has 2 aliphatic rings. The van der Waals surface area contributed by atoms with Crippen LogP contribution in [0.25, 0.3) is 0 Å². The van der Waals surface area contributed by atoms with E-state index >= 15 is 0 Å². The van der Waals surface area contributed by atoms with E-state index in [-0.39, 0.29) is 0 Å². The first-order valence-corrected chi connectivity index (χ1v) is 8.57. The van der Waals surface area contributed by atoms with Crippen molar-refractivity contribution in [1.82, 2.24) is 10.2 Å². The first-order chi connectivity index (χ1) is 9.53. The zero-order valence-electron chi connectivity index (χ0n) is 14.0. The molecule has 0 aromatic rings. The Bertz CT molecular complexity index is 293. The van der Waals surface area contributed by atoms with Gasteiger partial charge in [0, 0.05) is 37.7 Å². The van der Waals surface area contributed by atoms with E-state index in [0.29, 0.717) is 16.9 Å². The second kappa shape index (κ2) is 6.76. The summed E-state index contributed by atoms with van der Waals surface area (Å²) in [5, 5.41) is 3.64. The van der Waals surface area contributed by atoms with E-state index in [1.807, 2.05) is 0 Å². The standard InChI is InChI=1S/C17H34N2O/c1-5-16(6-2)7-9-19(12-16)13-17(8-10-20-14-17)11-18-15(3)4/h15,18H,5-14H2,1-4H3. The Hall–Kier alpha value is -0.120. The second-order valence-corrected chi connectivity index (χ2v) is 7.51. The maximum atomic E-state index is 5.74. The average molecular weight is 282 g/mol. The van der Waals surface area contributed by atoms with E-state index in [1.165, 1.54) is 45.3 Å². The lowest BCUT2D eigenvalue weighted by Crippen LogP contribution is -2.46. The minimum absolute atomic E-state index is 0.349. The molecule has 0 radical (unpaired) electrons. The van der Waals surface area contributed by atoms with Crippen molar-refractivity contribution >= 4 is 0 Å². The molecule has 1 N–H and O–H groups in total. The highest BCUT2D eigenvalue weighted by Crippen LogP contribution is 2.39. The first kappa shape index (κ1) is 16.3. The monoisotopic (exact) mass is 282 g/mol. The number of likely N-dealkylation sites (tertiary alicyclic amines) is 1. The quantitative estimate of drug-likeness (QED) is 0.777. The maximum Gasteiger partial charge on any atom is 0.0547 e. The maximum absolute atomic E-state index is 5.74. The molecule has 0 saturated carbocycles. The SMILES string of the molecule is CCC1(CC)CCN(CC2(CNC(C)C)CCOC2)C1. The van der Waals surface area contributed by atoms with Crippen molar-refractivity contribution in [1.29, 1.82) is 0 Å². The molecule has 2 aliphatic heterocycles. The van der Waals surface area contributed by atoms with Crippen molar-refractivity contribution in [2.45, 2.75) is 59.4 Å². The van der Waals surface area contributed by atoms with Crippen molar-refractivity contribution in [3.63, 3.8) is 0 Å². The minimum Gasteiger partial charge on any atom is -0.381 e. The number of hydrogen-bond donors (Lipinski definition) is 1. The van der Waals surface area contributed by atoms with Gasteiger partial charge in [-0.1, -0.05) is 27.7 Å². The minimum atomic E-state index is 0.349. The molecule has 0 aliphatic carbocycles. The molecule has 1 atom stereocenters. The number of ether oxygens (including phenoxy) is 1. The van der Waals surface area contributed by atoms with Crippen LogP contribution >= 0.6 is 0 Å². The Morgan fingerprint density at radius 2 is 1.90 bits per heavy atom. The molecule has 2 fully saturated rings. The lowest BCUT2D eigenvalue weighted by molar-refractivity contribution is 0.110. The van der Waals surface area contributed by atoms with Gasteiger partial charge in [0.25, 0.3) is 0 Å². The summed E-state index contributed by atoms with van der Waals surface area (Å²) in [6.45, 7) is 16.0. The van der Waals surface area contributed by atoms with Crippen molar-refractivity contribution in [3.8, 4) is 0 Å². The van der Waals surface area contributed by atoms with Gasteiger partial charge in [0.15, 0.2) is 0 Å². The summed E-state index contributed by atoms with van der Waals surface area (Å²) in [6.07, 6.45) is 5.25. The van der Waals surface area contributed by atoms with Crippen LogP contribution in [0, 0.1) is 10.8 Å². The highest BCUT2D eigenvalue weighted by molar-refractivity contribution is 4.94. The van der Waals surface area contributed by atoms with E-state index in [4.69, 9.17) is 4.74 Å². The van der Waals surface area contributed by atoms with Gasteiger partial charge < -0.3 is 15.0 Å². The van der Waals surface area contributed by atoms with Crippen molar-refractivity contribution in [2.75, 3.05) is 39.4 Å². The van der Waals surface area contributed by atoms with Crippen LogP contribution in [0.5, 0.6) is 0 Å². The summed E-state index contributed by atoms with van der Waals surface area (Å²) < 4.78 is 5.74. The summed E-state index contributed by atoms with van der Waals surface area (Å²) in [5.74, 6) is 0. The topological polar surface area (TPSA) is 24.5 Å². The van der Waals surface area contributed by atoms with Gasteiger partial charge in [-0.2, -0.15) is 0 Å². The van der Waals surface area contributed by atoms with Crippen molar-refractivity contribution < 1.29 is 4.74 Å². The van der Waals surface area contributed by atoms with Crippen LogP contribution in [0.4, 0.5) is 0 Å². The van der Waals surface area contributed by atoms with E-state index in [9.17, 15) is 0 Å². The van der Waals surface area contributed by atoms with Crippen LogP contribution in [-0.4, -0.2) is 50.3 Å². The second-order valence-electron chi connectivity index (χ2n) is 7.51. The Morgan fingerprint density at radius 3 is 2.40 bits per heavy atom.